The van der Waals surface area contributed by atoms with Crippen molar-refractivity contribution in [2.75, 3.05) is 25.5 Å². The topological polar surface area (TPSA) is 52.6 Å². The van der Waals surface area contributed by atoms with Crippen LogP contribution in [0.5, 0.6) is 0 Å². The number of anilines is 1. The fourth-order valence-corrected chi connectivity index (χ4v) is 1.63. The number of carboxylic acid groups (broad SMARTS) is 1. The predicted octanol–water partition coefficient (Wildman–Crippen LogP) is 2.53. The van der Waals surface area contributed by atoms with Crippen LogP contribution in [0.25, 0.3) is 0 Å². The van der Waals surface area contributed by atoms with Crippen LogP contribution in [-0.4, -0.2) is 42.2 Å². The van der Waals surface area contributed by atoms with Gasteiger partial charge in [-0.05, 0) is 46.0 Å². The van der Waals surface area contributed by atoms with E-state index in [9.17, 15) is 4.79 Å². The van der Waals surface area contributed by atoms with Gasteiger partial charge in [-0.25, -0.2) is 4.79 Å². The Bertz CT molecular complexity index is 391. The van der Waals surface area contributed by atoms with E-state index in [0.29, 0.717) is 17.3 Å². The number of hydrogen-bond acceptors (Lipinski definition) is 3. The minimum Gasteiger partial charge on any atom is -0.478 e. The molecular formula is C14H22N2O2. The van der Waals surface area contributed by atoms with Crippen molar-refractivity contribution < 1.29 is 9.90 Å². The average molecular weight is 250 g/mol. The zero-order chi connectivity index (χ0) is 13.5. The molecule has 1 aromatic rings. The Morgan fingerprint density at radius 2 is 2.06 bits per heavy atom. The van der Waals surface area contributed by atoms with E-state index in [1.807, 2.05) is 6.07 Å². The molecule has 0 amide bonds. The molecule has 0 aliphatic carbocycles. The van der Waals surface area contributed by atoms with Crippen LogP contribution >= 0.6 is 0 Å². The number of nitrogens with one attached hydrogen (secondary N) is 1. The maximum atomic E-state index is 11.0. The summed E-state index contributed by atoms with van der Waals surface area (Å²) in [5, 5.41) is 12.2. The van der Waals surface area contributed by atoms with E-state index in [1.54, 1.807) is 18.2 Å². The van der Waals surface area contributed by atoms with Crippen molar-refractivity contribution in [3.63, 3.8) is 0 Å². The highest BCUT2D eigenvalue weighted by Crippen LogP contribution is 2.14. The minimum absolute atomic E-state index is 0.328. The lowest BCUT2D eigenvalue weighted by molar-refractivity contribution is 0.0698. The number of aromatic carboxylic acids is 1. The molecule has 0 heterocycles. The summed E-state index contributed by atoms with van der Waals surface area (Å²) in [4.78, 5) is 13.3. The normalized spacial score (nSPS) is 10.9. The van der Waals surface area contributed by atoms with Gasteiger partial charge in [-0.1, -0.05) is 12.1 Å². The van der Waals surface area contributed by atoms with Crippen LogP contribution in [0.15, 0.2) is 24.3 Å². The third-order valence-corrected chi connectivity index (χ3v) is 3.04. The Kier molecular flexibility index (Phi) is 5.65. The van der Waals surface area contributed by atoms with Gasteiger partial charge in [-0.3, -0.25) is 0 Å². The number of para-hydroxylation sites is 1. The van der Waals surface area contributed by atoms with Crippen LogP contribution < -0.4 is 5.32 Å². The Balaban J connectivity index is 2.42. The van der Waals surface area contributed by atoms with Crippen molar-refractivity contribution in [2.45, 2.75) is 26.3 Å². The molecule has 0 bridgehead atoms. The van der Waals surface area contributed by atoms with E-state index in [2.05, 4.69) is 31.1 Å². The molecule has 0 fully saturated rings. The van der Waals surface area contributed by atoms with Crippen LogP contribution in [0, 0.1) is 0 Å². The first-order valence-electron chi connectivity index (χ1n) is 6.28. The Morgan fingerprint density at radius 3 is 2.67 bits per heavy atom. The highest BCUT2D eigenvalue weighted by molar-refractivity contribution is 5.94. The third-order valence-electron chi connectivity index (χ3n) is 3.04. The summed E-state index contributed by atoms with van der Waals surface area (Å²) in [6.45, 7) is 6.10. The number of carboxylic acids is 1. The van der Waals surface area contributed by atoms with Crippen molar-refractivity contribution in [1.29, 1.82) is 0 Å². The van der Waals surface area contributed by atoms with Gasteiger partial charge in [0.15, 0.2) is 0 Å². The lowest BCUT2D eigenvalue weighted by atomic mass is 10.2. The molecule has 0 atom stereocenters. The van der Waals surface area contributed by atoms with Crippen LogP contribution in [0.2, 0.25) is 0 Å². The van der Waals surface area contributed by atoms with Gasteiger partial charge in [0.1, 0.15) is 0 Å². The molecule has 1 rings (SSSR count). The summed E-state index contributed by atoms with van der Waals surface area (Å²) in [7, 11) is 2.09. The monoisotopic (exact) mass is 250 g/mol. The highest BCUT2D eigenvalue weighted by Gasteiger charge is 2.08. The standard InChI is InChI=1S/C14H22N2O2/c1-11(2)16(3)10-6-9-15-13-8-5-4-7-12(13)14(17)18/h4-5,7-8,11,15H,6,9-10H2,1-3H3,(H,17,18). The van der Waals surface area contributed by atoms with Gasteiger partial charge in [0.2, 0.25) is 0 Å². The molecule has 0 saturated carbocycles. The van der Waals surface area contributed by atoms with Gasteiger partial charge in [0.05, 0.1) is 5.56 Å². The van der Waals surface area contributed by atoms with Crippen molar-refractivity contribution >= 4 is 11.7 Å². The fourth-order valence-electron chi connectivity index (χ4n) is 1.63. The molecule has 0 spiro atoms. The van der Waals surface area contributed by atoms with Gasteiger partial charge < -0.3 is 15.3 Å². The fraction of sp³-hybridized carbons (Fsp3) is 0.500. The first-order valence-corrected chi connectivity index (χ1v) is 6.28. The lowest BCUT2D eigenvalue weighted by Gasteiger charge is -2.21. The number of nitrogens with zero attached hydrogens (tertiary/aromatic N) is 1. The average Bonchev–Trinajstić information content (AvgIpc) is 2.34. The molecule has 0 radical (unpaired) electrons. The van der Waals surface area contributed by atoms with E-state index >= 15 is 0 Å². The minimum atomic E-state index is -0.891. The SMILES string of the molecule is CC(C)N(C)CCCNc1ccccc1C(=O)O. The third kappa shape index (κ3) is 4.37. The van der Waals surface area contributed by atoms with Gasteiger partial charge in [0, 0.05) is 18.3 Å². The first kappa shape index (κ1) is 14.5. The zero-order valence-electron chi connectivity index (χ0n) is 11.3. The molecule has 18 heavy (non-hydrogen) atoms. The first-order chi connectivity index (χ1) is 8.52. The molecule has 0 aliphatic rings. The van der Waals surface area contributed by atoms with Gasteiger partial charge in [-0.15, -0.1) is 0 Å². The molecule has 1 aromatic carbocycles. The molecular weight excluding hydrogens is 228 g/mol. The van der Waals surface area contributed by atoms with Crippen molar-refractivity contribution in [2.24, 2.45) is 0 Å². The summed E-state index contributed by atoms with van der Waals surface area (Å²) in [5.41, 5.74) is 1.02. The maximum Gasteiger partial charge on any atom is 0.337 e. The van der Waals surface area contributed by atoms with Crippen LogP contribution in [0.1, 0.15) is 30.6 Å². The summed E-state index contributed by atoms with van der Waals surface area (Å²) >= 11 is 0. The Labute approximate surface area is 109 Å². The van der Waals surface area contributed by atoms with E-state index in [-0.39, 0.29) is 0 Å². The summed E-state index contributed by atoms with van der Waals surface area (Å²) in [5.74, 6) is -0.891. The lowest BCUT2D eigenvalue weighted by Crippen LogP contribution is -2.28. The van der Waals surface area contributed by atoms with E-state index < -0.39 is 5.97 Å². The Morgan fingerprint density at radius 1 is 1.39 bits per heavy atom. The summed E-state index contributed by atoms with van der Waals surface area (Å²) in [6, 6.07) is 7.53. The molecule has 4 nitrogen and oxygen atoms in total. The number of hydrogen-bond donors (Lipinski definition) is 2. The summed E-state index contributed by atoms with van der Waals surface area (Å²) < 4.78 is 0. The van der Waals surface area contributed by atoms with Crippen LogP contribution in [0.3, 0.4) is 0 Å². The quantitative estimate of drug-likeness (QED) is 0.730. The molecule has 100 valence electrons. The van der Waals surface area contributed by atoms with Gasteiger partial charge in [0.25, 0.3) is 0 Å². The second kappa shape index (κ2) is 7.01. The molecule has 0 saturated heterocycles. The number of rotatable bonds is 7. The van der Waals surface area contributed by atoms with Crippen molar-refractivity contribution in [1.82, 2.24) is 4.90 Å². The summed E-state index contributed by atoms with van der Waals surface area (Å²) in [6.07, 6.45) is 0.989. The van der Waals surface area contributed by atoms with Crippen LogP contribution in [0.4, 0.5) is 5.69 Å². The maximum absolute atomic E-state index is 11.0. The Hall–Kier alpha value is -1.55. The molecule has 0 aromatic heterocycles. The van der Waals surface area contributed by atoms with Crippen LogP contribution in [-0.2, 0) is 0 Å². The molecule has 0 aliphatic heterocycles. The molecule has 2 N–H and O–H groups in total. The number of carbonyl (C=O) groups is 1. The highest BCUT2D eigenvalue weighted by atomic mass is 16.4. The second-order valence-electron chi connectivity index (χ2n) is 4.71. The smallest absolute Gasteiger partial charge is 0.337 e. The number of benzene rings is 1. The van der Waals surface area contributed by atoms with Gasteiger partial charge in [-0.2, -0.15) is 0 Å². The van der Waals surface area contributed by atoms with E-state index in [0.717, 1.165) is 19.5 Å². The molecule has 0 unspecified atom stereocenters. The second-order valence-corrected chi connectivity index (χ2v) is 4.71. The van der Waals surface area contributed by atoms with E-state index in [1.165, 1.54) is 0 Å². The largest absolute Gasteiger partial charge is 0.478 e. The van der Waals surface area contributed by atoms with Crippen molar-refractivity contribution in [3.05, 3.63) is 29.8 Å². The zero-order valence-corrected chi connectivity index (χ0v) is 11.3. The van der Waals surface area contributed by atoms with Crippen molar-refractivity contribution in [3.8, 4) is 0 Å². The predicted molar refractivity (Wildman–Crippen MR) is 74.3 cm³/mol. The van der Waals surface area contributed by atoms with E-state index in [4.69, 9.17) is 5.11 Å². The molecule has 4 heteroatoms. The van der Waals surface area contributed by atoms with Gasteiger partial charge >= 0.3 is 5.97 Å².